The fourth-order valence-corrected chi connectivity index (χ4v) is 2.50. The normalized spacial score (nSPS) is 11.8. The molecule has 1 heteroatoms. The summed E-state index contributed by atoms with van der Waals surface area (Å²) in [5.74, 6) is 0. The second kappa shape index (κ2) is 4.75. The molecule has 0 spiro atoms. The Morgan fingerprint density at radius 2 is 1.50 bits per heavy atom. The molecule has 0 radical (unpaired) electrons. The van der Waals surface area contributed by atoms with Crippen LogP contribution in [0.5, 0.6) is 0 Å². The van der Waals surface area contributed by atoms with E-state index in [1.807, 2.05) is 12.4 Å². The Kier molecular flexibility index (Phi) is 3.06. The SMILES string of the molecule is CC(C)(C)c1ccc(-c2cncc3ccccc23)cc1. The lowest BCUT2D eigenvalue weighted by atomic mass is 9.86. The first-order chi connectivity index (χ1) is 9.55. The molecular formula is C19H19N. The van der Waals surface area contributed by atoms with E-state index in [1.165, 1.54) is 27.5 Å². The summed E-state index contributed by atoms with van der Waals surface area (Å²) in [4.78, 5) is 4.36. The Morgan fingerprint density at radius 1 is 0.800 bits per heavy atom. The minimum Gasteiger partial charge on any atom is -0.263 e. The molecule has 2 aromatic carbocycles. The van der Waals surface area contributed by atoms with E-state index in [9.17, 15) is 0 Å². The summed E-state index contributed by atoms with van der Waals surface area (Å²) in [6.45, 7) is 6.71. The van der Waals surface area contributed by atoms with E-state index >= 15 is 0 Å². The zero-order valence-corrected chi connectivity index (χ0v) is 12.2. The summed E-state index contributed by atoms with van der Waals surface area (Å²) in [6.07, 6.45) is 3.87. The van der Waals surface area contributed by atoms with Crippen LogP contribution in [0.1, 0.15) is 26.3 Å². The van der Waals surface area contributed by atoms with Crippen molar-refractivity contribution < 1.29 is 0 Å². The van der Waals surface area contributed by atoms with Gasteiger partial charge >= 0.3 is 0 Å². The van der Waals surface area contributed by atoms with Gasteiger partial charge in [-0.2, -0.15) is 0 Å². The van der Waals surface area contributed by atoms with Gasteiger partial charge in [-0.25, -0.2) is 0 Å². The van der Waals surface area contributed by atoms with Crippen molar-refractivity contribution in [2.45, 2.75) is 26.2 Å². The van der Waals surface area contributed by atoms with Crippen molar-refractivity contribution in [3.8, 4) is 11.1 Å². The maximum atomic E-state index is 4.36. The minimum atomic E-state index is 0.190. The number of pyridine rings is 1. The highest BCUT2D eigenvalue weighted by Crippen LogP contribution is 2.30. The average molecular weight is 261 g/mol. The second-order valence-corrected chi connectivity index (χ2v) is 6.24. The van der Waals surface area contributed by atoms with Gasteiger partial charge in [0.2, 0.25) is 0 Å². The topological polar surface area (TPSA) is 12.9 Å². The monoisotopic (exact) mass is 261 g/mol. The molecule has 0 saturated heterocycles. The number of hydrogen-bond acceptors (Lipinski definition) is 1. The highest BCUT2D eigenvalue weighted by molar-refractivity contribution is 5.95. The molecule has 3 aromatic rings. The summed E-state index contributed by atoms with van der Waals surface area (Å²) in [5.41, 5.74) is 3.97. The van der Waals surface area contributed by atoms with Crippen molar-refractivity contribution in [3.63, 3.8) is 0 Å². The fraction of sp³-hybridized carbons (Fsp3) is 0.211. The molecule has 20 heavy (non-hydrogen) atoms. The Bertz CT molecular complexity index is 728. The van der Waals surface area contributed by atoms with E-state index in [4.69, 9.17) is 0 Å². The molecule has 100 valence electrons. The summed E-state index contributed by atoms with van der Waals surface area (Å²) in [6, 6.07) is 17.2. The van der Waals surface area contributed by atoms with Crippen molar-refractivity contribution >= 4 is 10.8 Å². The van der Waals surface area contributed by atoms with E-state index in [0.717, 1.165) is 0 Å². The van der Waals surface area contributed by atoms with Crippen molar-refractivity contribution in [2.24, 2.45) is 0 Å². The smallest absolute Gasteiger partial charge is 0.0352 e. The highest BCUT2D eigenvalue weighted by Gasteiger charge is 2.13. The predicted molar refractivity (Wildman–Crippen MR) is 85.9 cm³/mol. The highest BCUT2D eigenvalue weighted by atomic mass is 14.6. The van der Waals surface area contributed by atoms with Crippen LogP contribution in [0.15, 0.2) is 60.9 Å². The van der Waals surface area contributed by atoms with Gasteiger partial charge < -0.3 is 0 Å². The van der Waals surface area contributed by atoms with Crippen LogP contribution in [-0.2, 0) is 5.41 Å². The third-order valence-corrected chi connectivity index (χ3v) is 3.73. The first-order valence-electron chi connectivity index (χ1n) is 6.99. The van der Waals surface area contributed by atoms with Crippen molar-refractivity contribution in [2.75, 3.05) is 0 Å². The Balaban J connectivity index is 2.12. The predicted octanol–water partition coefficient (Wildman–Crippen LogP) is 5.20. The van der Waals surface area contributed by atoms with E-state index in [2.05, 4.69) is 74.3 Å². The third kappa shape index (κ3) is 2.32. The summed E-state index contributed by atoms with van der Waals surface area (Å²) in [7, 11) is 0. The van der Waals surface area contributed by atoms with E-state index in [1.54, 1.807) is 0 Å². The van der Waals surface area contributed by atoms with Gasteiger partial charge in [0.15, 0.2) is 0 Å². The molecule has 0 N–H and O–H groups in total. The van der Waals surface area contributed by atoms with Crippen LogP contribution in [0.4, 0.5) is 0 Å². The zero-order valence-electron chi connectivity index (χ0n) is 12.2. The molecule has 0 aliphatic rings. The minimum absolute atomic E-state index is 0.190. The van der Waals surface area contributed by atoms with E-state index < -0.39 is 0 Å². The molecule has 1 heterocycles. The summed E-state index contributed by atoms with van der Waals surface area (Å²) >= 11 is 0. The number of fused-ring (bicyclic) bond motifs is 1. The van der Waals surface area contributed by atoms with Crippen LogP contribution in [0.2, 0.25) is 0 Å². The van der Waals surface area contributed by atoms with Gasteiger partial charge in [-0.15, -0.1) is 0 Å². The number of nitrogens with zero attached hydrogens (tertiary/aromatic N) is 1. The lowest BCUT2D eigenvalue weighted by Crippen LogP contribution is -2.10. The molecule has 0 aliphatic heterocycles. The lowest BCUT2D eigenvalue weighted by molar-refractivity contribution is 0.590. The fourth-order valence-electron chi connectivity index (χ4n) is 2.50. The van der Waals surface area contributed by atoms with Crippen LogP contribution in [0.25, 0.3) is 21.9 Å². The molecule has 0 bridgehead atoms. The van der Waals surface area contributed by atoms with Crippen LogP contribution >= 0.6 is 0 Å². The van der Waals surface area contributed by atoms with Gasteiger partial charge in [-0.1, -0.05) is 69.3 Å². The molecule has 0 atom stereocenters. The van der Waals surface area contributed by atoms with Crippen LogP contribution in [0, 0.1) is 0 Å². The van der Waals surface area contributed by atoms with Gasteiger partial charge in [0.25, 0.3) is 0 Å². The molecular weight excluding hydrogens is 242 g/mol. The van der Waals surface area contributed by atoms with E-state index in [-0.39, 0.29) is 5.41 Å². The first-order valence-corrected chi connectivity index (χ1v) is 6.99. The Labute approximate surface area is 120 Å². The standard InChI is InChI=1S/C19H19N/c1-19(2,3)16-10-8-14(9-11-16)18-13-20-12-15-6-4-5-7-17(15)18/h4-13H,1-3H3. The quantitative estimate of drug-likeness (QED) is 0.586. The number of rotatable bonds is 1. The van der Waals surface area contributed by atoms with Crippen molar-refractivity contribution in [1.82, 2.24) is 4.98 Å². The van der Waals surface area contributed by atoms with Crippen LogP contribution in [0.3, 0.4) is 0 Å². The summed E-state index contributed by atoms with van der Waals surface area (Å²) < 4.78 is 0. The summed E-state index contributed by atoms with van der Waals surface area (Å²) in [5, 5.41) is 2.44. The van der Waals surface area contributed by atoms with Crippen molar-refractivity contribution in [3.05, 3.63) is 66.5 Å². The number of benzene rings is 2. The van der Waals surface area contributed by atoms with Gasteiger partial charge in [0.1, 0.15) is 0 Å². The molecule has 1 aromatic heterocycles. The molecule has 0 aliphatic carbocycles. The molecule has 0 amide bonds. The van der Waals surface area contributed by atoms with Crippen molar-refractivity contribution in [1.29, 1.82) is 0 Å². The molecule has 0 fully saturated rings. The Morgan fingerprint density at radius 3 is 2.20 bits per heavy atom. The average Bonchev–Trinajstić information content (AvgIpc) is 2.46. The molecule has 0 unspecified atom stereocenters. The second-order valence-electron chi connectivity index (χ2n) is 6.24. The molecule has 1 nitrogen and oxygen atoms in total. The Hall–Kier alpha value is -2.15. The maximum Gasteiger partial charge on any atom is 0.0352 e. The molecule has 0 saturated carbocycles. The molecule has 3 rings (SSSR count). The van der Waals surface area contributed by atoms with Gasteiger partial charge in [0.05, 0.1) is 0 Å². The zero-order chi connectivity index (χ0) is 14.2. The van der Waals surface area contributed by atoms with E-state index in [0.29, 0.717) is 0 Å². The first kappa shape index (κ1) is 12.9. The lowest BCUT2D eigenvalue weighted by Gasteiger charge is -2.19. The van der Waals surface area contributed by atoms with Crippen LogP contribution < -0.4 is 0 Å². The van der Waals surface area contributed by atoms with Crippen LogP contribution in [-0.4, -0.2) is 4.98 Å². The number of hydrogen-bond donors (Lipinski definition) is 0. The largest absolute Gasteiger partial charge is 0.263 e. The van der Waals surface area contributed by atoms with Gasteiger partial charge in [-0.05, 0) is 21.9 Å². The maximum absolute atomic E-state index is 4.36. The number of aromatic nitrogens is 1. The van der Waals surface area contributed by atoms with Gasteiger partial charge in [-0.3, -0.25) is 4.98 Å². The third-order valence-electron chi connectivity index (χ3n) is 3.73. The van der Waals surface area contributed by atoms with Gasteiger partial charge in [0, 0.05) is 23.3 Å².